The number of hydrogen-bond donors (Lipinski definition) is 1. The van der Waals surface area contributed by atoms with E-state index in [1.54, 1.807) is 18.2 Å². The van der Waals surface area contributed by atoms with Crippen LogP contribution in [0.15, 0.2) is 42.7 Å². The molecule has 4 heteroatoms. The van der Waals surface area contributed by atoms with Gasteiger partial charge in [0.15, 0.2) is 0 Å². The molecule has 1 aromatic carbocycles. The summed E-state index contributed by atoms with van der Waals surface area (Å²) in [5.41, 5.74) is 0.487. The van der Waals surface area contributed by atoms with Gasteiger partial charge in [-0.15, -0.1) is 0 Å². The summed E-state index contributed by atoms with van der Waals surface area (Å²) in [7, 11) is 0. The van der Waals surface area contributed by atoms with Crippen molar-refractivity contribution in [2.45, 2.75) is 0 Å². The third-order valence-corrected chi connectivity index (χ3v) is 1.73. The standard InChI is InChI=1S/C12H9NO3/c1-2-16-12(15)10(8-13)7-9-3-5-11(14)6-4-9/h2-7,14H,1H2/b10-7+. The molecular formula is C12H9NO3. The number of phenols is 1. The molecule has 0 aliphatic heterocycles. The number of nitriles is 1. The molecule has 1 rings (SSSR count). The summed E-state index contributed by atoms with van der Waals surface area (Å²) in [5, 5.41) is 17.8. The Morgan fingerprint density at radius 1 is 1.44 bits per heavy atom. The van der Waals surface area contributed by atoms with Crippen LogP contribution in [0.1, 0.15) is 5.56 Å². The van der Waals surface area contributed by atoms with Gasteiger partial charge in [-0.25, -0.2) is 4.79 Å². The van der Waals surface area contributed by atoms with Gasteiger partial charge in [0.2, 0.25) is 0 Å². The number of carbonyl (C=O) groups is 1. The maximum absolute atomic E-state index is 11.2. The Morgan fingerprint density at radius 3 is 2.56 bits per heavy atom. The number of phenolic OH excluding ortho intramolecular Hbond substituents is 1. The second kappa shape index (κ2) is 5.37. The van der Waals surface area contributed by atoms with Crippen LogP contribution in [0.2, 0.25) is 0 Å². The van der Waals surface area contributed by atoms with Crippen LogP contribution in [-0.2, 0) is 9.53 Å². The Balaban J connectivity index is 2.97. The summed E-state index contributed by atoms with van der Waals surface area (Å²) >= 11 is 0. The molecule has 0 amide bonds. The van der Waals surface area contributed by atoms with Crippen LogP contribution in [0.5, 0.6) is 5.75 Å². The highest BCUT2D eigenvalue weighted by atomic mass is 16.5. The van der Waals surface area contributed by atoms with E-state index in [9.17, 15) is 4.79 Å². The zero-order valence-corrected chi connectivity index (χ0v) is 8.38. The lowest BCUT2D eigenvalue weighted by atomic mass is 10.1. The summed E-state index contributed by atoms with van der Waals surface area (Å²) in [6.45, 7) is 3.22. The molecule has 0 aromatic heterocycles. The first kappa shape index (κ1) is 11.5. The number of hydrogen-bond acceptors (Lipinski definition) is 4. The Hall–Kier alpha value is -2.54. The van der Waals surface area contributed by atoms with Crippen molar-refractivity contribution >= 4 is 12.0 Å². The molecule has 16 heavy (non-hydrogen) atoms. The average Bonchev–Trinajstić information content (AvgIpc) is 2.28. The molecule has 0 radical (unpaired) electrons. The maximum atomic E-state index is 11.2. The van der Waals surface area contributed by atoms with Gasteiger partial charge in [-0.3, -0.25) is 0 Å². The SMILES string of the molecule is C=COC(=O)/C(C#N)=C/c1ccc(O)cc1. The van der Waals surface area contributed by atoms with Crippen molar-refractivity contribution in [3.63, 3.8) is 0 Å². The number of aromatic hydroxyl groups is 1. The van der Waals surface area contributed by atoms with Crippen molar-refractivity contribution in [1.82, 2.24) is 0 Å². The second-order valence-corrected chi connectivity index (χ2v) is 2.83. The maximum Gasteiger partial charge on any atom is 0.353 e. The molecule has 0 fully saturated rings. The number of nitrogens with zero attached hydrogens (tertiary/aromatic N) is 1. The molecule has 0 spiro atoms. The van der Waals surface area contributed by atoms with Crippen molar-refractivity contribution < 1.29 is 14.6 Å². The number of esters is 1. The third kappa shape index (κ3) is 3.00. The Bertz CT molecular complexity index is 466. The molecule has 0 bridgehead atoms. The quantitative estimate of drug-likeness (QED) is 0.362. The Labute approximate surface area is 92.7 Å². The van der Waals surface area contributed by atoms with Gasteiger partial charge < -0.3 is 9.84 Å². The predicted molar refractivity (Wildman–Crippen MR) is 58.0 cm³/mol. The molecule has 0 aliphatic rings. The van der Waals surface area contributed by atoms with Crippen LogP contribution >= 0.6 is 0 Å². The molecule has 0 atom stereocenters. The van der Waals surface area contributed by atoms with Gasteiger partial charge in [-0.05, 0) is 23.8 Å². The molecule has 80 valence electrons. The number of ether oxygens (including phenoxy) is 1. The summed E-state index contributed by atoms with van der Waals surface area (Å²) in [4.78, 5) is 11.2. The smallest absolute Gasteiger partial charge is 0.353 e. The lowest BCUT2D eigenvalue weighted by Gasteiger charge is -1.97. The highest BCUT2D eigenvalue weighted by Crippen LogP contribution is 2.13. The minimum atomic E-state index is -0.759. The lowest BCUT2D eigenvalue weighted by Crippen LogP contribution is -2.01. The zero-order valence-electron chi connectivity index (χ0n) is 8.38. The molecule has 0 saturated heterocycles. The van der Waals surface area contributed by atoms with E-state index >= 15 is 0 Å². The van der Waals surface area contributed by atoms with Crippen LogP contribution in [-0.4, -0.2) is 11.1 Å². The lowest BCUT2D eigenvalue weighted by molar-refractivity contribution is -0.133. The second-order valence-electron chi connectivity index (χ2n) is 2.83. The first-order valence-electron chi connectivity index (χ1n) is 4.40. The van der Waals surface area contributed by atoms with Gasteiger partial charge in [0.25, 0.3) is 0 Å². The topological polar surface area (TPSA) is 70.3 Å². The van der Waals surface area contributed by atoms with E-state index in [-0.39, 0.29) is 11.3 Å². The van der Waals surface area contributed by atoms with Crippen molar-refractivity contribution in [2.75, 3.05) is 0 Å². The average molecular weight is 215 g/mol. The molecule has 0 heterocycles. The first-order chi connectivity index (χ1) is 7.67. The largest absolute Gasteiger partial charge is 0.508 e. The van der Waals surface area contributed by atoms with Gasteiger partial charge in [-0.2, -0.15) is 5.26 Å². The van der Waals surface area contributed by atoms with E-state index in [2.05, 4.69) is 11.3 Å². The van der Waals surface area contributed by atoms with Crippen molar-refractivity contribution in [3.8, 4) is 11.8 Å². The number of rotatable bonds is 3. The molecule has 0 aliphatic carbocycles. The third-order valence-electron chi connectivity index (χ3n) is 1.73. The van der Waals surface area contributed by atoms with Crippen LogP contribution in [0.25, 0.3) is 6.08 Å². The molecular weight excluding hydrogens is 206 g/mol. The Morgan fingerprint density at radius 2 is 2.06 bits per heavy atom. The van der Waals surface area contributed by atoms with E-state index in [4.69, 9.17) is 10.4 Å². The predicted octanol–water partition coefficient (Wildman–Crippen LogP) is 1.99. The number of carbonyl (C=O) groups excluding carboxylic acids is 1. The number of benzene rings is 1. The van der Waals surface area contributed by atoms with Gasteiger partial charge in [-0.1, -0.05) is 18.7 Å². The van der Waals surface area contributed by atoms with Gasteiger partial charge in [0.05, 0.1) is 6.26 Å². The van der Waals surface area contributed by atoms with E-state index in [1.807, 2.05) is 0 Å². The van der Waals surface area contributed by atoms with Gasteiger partial charge in [0, 0.05) is 0 Å². The van der Waals surface area contributed by atoms with E-state index < -0.39 is 5.97 Å². The first-order valence-corrected chi connectivity index (χ1v) is 4.40. The van der Waals surface area contributed by atoms with Crippen molar-refractivity contribution in [3.05, 3.63) is 48.2 Å². The highest BCUT2D eigenvalue weighted by molar-refractivity contribution is 5.98. The van der Waals surface area contributed by atoms with E-state index in [0.29, 0.717) is 5.56 Å². The van der Waals surface area contributed by atoms with Crippen molar-refractivity contribution in [2.24, 2.45) is 0 Å². The molecule has 4 nitrogen and oxygen atoms in total. The van der Waals surface area contributed by atoms with Crippen LogP contribution in [0.4, 0.5) is 0 Å². The van der Waals surface area contributed by atoms with Gasteiger partial charge >= 0.3 is 5.97 Å². The minimum absolute atomic E-state index is 0.115. The molecule has 0 saturated carbocycles. The van der Waals surface area contributed by atoms with Crippen LogP contribution in [0, 0.1) is 11.3 Å². The van der Waals surface area contributed by atoms with Crippen LogP contribution < -0.4 is 0 Å². The normalized spacial score (nSPS) is 10.3. The van der Waals surface area contributed by atoms with Crippen molar-refractivity contribution in [1.29, 1.82) is 5.26 Å². The van der Waals surface area contributed by atoms with Gasteiger partial charge in [0.1, 0.15) is 17.4 Å². The van der Waals surface area contributed by atoms with Crippen LogP contribution in [0.3, 0.4) is 0 Å². The minimum Gasteiger partial charge on any atom is -0.508 e. The monoisotopic (exact) mass is 215 g/mol. The fourth-order valence-corrected chi connectivity index (χ4v) is 1.01. The molecule has 1 aromatic rings. The van der Waals surface area contributed by atoms with E-state index in [0.717, 1.165) is 6.26 Å². The molecule has 1 N–H and O–H groups in total. The summed E-state index contributed by atoms with van der Waals surface area (Å²) < 4.78 is 4.48. The zero-order chi connectivity index (χ0) is 12.0. The summed E-state index contributed by atoms with van der Waals surface area (Å²) in [6.07, 6.45) is 2.33. The van der Waals surface area contributed by atoms with E-state index in [1.165, 1.54) is 18.2 Å². The molecule has 0 unspecified atom stereocenters. The Kier molecular flexibility index (Phi) is 3.87. The summed E-state index contributed by atoms with van der Waals surface area (Å²) in [5.74, 6) is -0.644. The summed E-state index contributed by atoms with van der Waals surface area (Å²) in [6, 6.07) is 7.80. The highest BCUT2D eigenvalue weighted by Gasteiger charge is 2.08. The fraction of sp³-hybridized carbons (Fsp3) is 0. The fourth-order valence-electron chi connectivity index (χ4n) is 1.01.